The number of likely N-dealkylation sites (N-methyl/N-ethyl adjacent to an activating group) is 1. The summed E-state index contributed by atoms with van der Waals surface area (Å²) in [7, 11) is 2.02. The highest BCUT2D eigenvalue weighted by molar-refractivity contribution is 5.88. The lowest BCUT2D eigenvalue weighted by Gasteiger charge is -2.27. The van der Waals surface area contributed by atoms with Crippen molar-refractivity contribution in [3.8, 4) is 0 Å². The monoisotopic (exact) mass is 237 g/mol. The average Bonchev–Trinajstić information content (AvgIpc) is 2.52. The van der Waals surface area contributed by atoms with Crippen molar-refractivity contribution in [2.75, 3.05) is 26.8 Å². The van der Waals surface area contributed by atoms with E-state index in [1.165, 1.54) is 0 Å². The number of hydrogen-bond donors (Lipinski definition) is 1. The predicted molar refractivity (Wildman–Crippen MR) is 59.1 cm³/mol. The summed E-state index contributed by atoms with van der Waals surface area (Å²) >= 11 is 0. The summed E-state index contributed by atoms with van der Waals surface area (Å²) in [5, 5.41) is 13.8. The maximum atomic E-state index is 11.4. The number of carbonyl (C=O) groups is 1. The number of fused-ring (bicyclic) bond motifs is 1. The van der Waals surface area contributed by atoms with Crippen LogP contribution in [0.1, 0.15) is 27.8 Å². The van der Waals surface area contributed by atoms with E-state index in [1.54, 1.807) is 4.68 Å². The molecule has 1 N–H and O–H groups in total. The molecule has 17 heavy (non-hydrogen) atoms. The van der Waals surface area contributed by atoms with Gasteiger partial charge in [-0.1, -0.05) is 0 Å². The fourth-order valence-electron chi connectivity index (χ4n) is 2.40. The van der Waals surface area contributed by atoms with Crippen molar-refractivity contribution in [3.63, 3.8) is 0 Å². The van der Waals surface area contributed by atoms with E-state index in [1.807, 2.05) is 7.05 Å². The van der Waals surface area contributed by atoms with Crippen molar-refractivity contribution < 1.29 is 14.6 Å². The van der Waals surface area contributed by atoms with E-state index in [-0.39, 0.29) is 6.04 Å². The smallest absolute Gasteiger partial charge is 0.354 e. The summed E-state index contributed by atoms with van der Waals surface area (Å²) in [5.74, 6) is -0.879. The first kappa shape index (κ1) is 10.7. The van der Waals surface area contributed by atoms with Gasteiger partial charge in [0.1, 0.15) is 5.69 Å². The Kier molecular flexibility index (Phi) is 2.41. The largest absolute Gasteiger partial charge is 0.477 e. The molecule has 0 atom stereocenters. The van der Waals surface area contributed by atoms with Gasteiger partial charge in [-0.25, -0.2) is 9.48 Å². The maximum Gasteiger partial charge on any atom is 0.354 e. The van der Waals surface area contributed by atoms with Gasteiger partial charge >= 0.3 is 5.97 Å². The van der Waals surface area contributed by atoms with Gasteiger partial charge in [0.15, 0.2) is 0 Å². The quantitative estimate of drug-likeness (QED) is 0.792. The Morgan fingerprint density at radius 3 is 2.88 bits per heavy atom. The second kappa shape index (κ2) is 3.82. The molecule has 1 aromatic heterocycles. The maximum absolute atomic E-state index is 11.4. The molecule has 1 fully saturated rings. The molecule has 0 aliphatic carbocycles. The van der Waals surface area contributed by atoms with Crippen LogP contribution in [0, 0.1) is 0 Å². The van der Waals surface area contributed by atoms with Crippen LogP contribution in [0.5, 0.6) is 0 Å². The zero-order chi connectivity index (χ0) is 12.0. The molecule has 0 saturated carbocycles. The Morgan fingerprint density at radius 2 is 2.29 bits per heavy atom. The summed E-state index contributed by atoms with van der Waals surface area (Å²) < 4.78 is 6.76. The number of nitrogens with zero attached hydrogens (tertiary/aromatic N) is 3. The van der Waals surface area contributed by atoms with Gasteiger partial charge in [0.2, 0.25) is 0 Å². The fraction of sp³-hybridized carbons (Fsp3) is 0.636. The highest BCUT2D eigenvalue weighted by Crippen LogP contribution is 2.26. The Hall–Kier alpha value is -1.40. The van der Waals surface area contributed by atoms with Crippen molar-refractivity contribution in [1.82, 2.24) is 14.7 Å². The molecule has 3 heterocycles. The molecule has 0 radical (unpaired) electrons. The van der Waals surface area contributed by atoms with Crippen molar-refractivity contribution >= 4 is 5.97 Å². The lowest BCUT2D eigenvalue weighted by molar-refractivity contribution is -0.0301. The molecular formula is C11H15N3O3. The first-order valence-corrected chi connectivity index (χ1v) is 5.76. The zero-order valence-electron chi connectivity index (χ0n) is 9.72. The molecule has 1 aromatic rings. The molecule has 0 unspecified atom stereocenters. The second-order valence-electron chi connectivity index (χ2n) is 4.70. The van der Waals surface area contributed by atoms with Gasteiger partial charge in [-0.3, -0.25) is 0 Å². The van der Waals surface area contributed by atoms with Gasteiger partial charge in [-0.15, -0.1) is 0 Å². The van der Waals surface area contributed by atoms with Crippen LogP contribution < -0.4 is 0 Å². The van der Waals surface area contributed by atoms with Crippen LogP contribution in [0.15, 0.2) is 0 Å². The minimum Gasteiger partial charge on any atom is -0.477 e. The molecule has 0 amide bonds. The molecule has 2 aliphatic heterocycles. The van der Waals surface area contributed by atoms with E-state index < -0.39 is 5.97 Å². The molecule has 6 nitrogen and oxygen atoms in total. The van der Waals surface area contributed by atoms with Crippen LogP contribution in [0.2, 0.25) is 0 Å². The van der Waals surface area contributed by atoms with Gasteiger partial charge in [-0.2, -0.15) is 5.10 Å². The molecular weight excluding hydrogens is 222 g/mol. The van der Waals surface area contributed by atoms with Crippen LogP contribution in [0.3, 0.4) is 0 Å². The molecule has 0 aromatic carbocycles. The summed E-state index contributed by atoms with van der Waals surface area (Å²) in [6.45, 7) is 2.75. The van der Waals surface area contributed by atoms with Crippen LogP contribution in [0.4, 0.5) is 0 Å². The van der Waals surface area contributed by atoms with E-state index in [9.17, 15) is 9.90 Å². The fourth-order valence-corrected chi connectivity index (χ4v) is 2.40. The van der Waals surface area contributed by atoms with E-state index in [4.69, 9.17) is 4.74 Å². The SMILES string of the molecule is CN1CCc2c(nn(C3COC3)c2C(=O)O)C1. The number of aromatic carboxylic acids is 1. The third-order valence-corrected chi connectivity index (χ3v) is 3.42. The Balaban J connectivity index is 2.05. The highest BCUT2D eigenvalue weighted by atomic mass is 16.5. The number of carboxylic acid groups (broad SMARTS) is 1. The van der Waals surface area contributed by atoms with Crippen LogP contribution in [-0.2, 0) is 17.7 Å². The van der Waals surface area contributed by atoms with Crippen molar-refractivity contribution in [1.29, 1.82) is 0 Å². The summed E-state index contributed by atoms with van der Waals surface area (Å²) in [6, 6.07) is 0.0945. The normalized spacial score (nSPS) is 21.0. The third kappa shape index (κ3) is 1.64. The highest BCUT2D eigenvalue weighted by Gasteiger charge is 2.32. The van der Waals surface area contributed by atoms with Crippen molar-refractivity contribution in [2.24, 2.45) is 0 Å². The minimum absolute atomic E-state index is 0.0945. The second-order valence-corrected chi connectivity index (χ2v) is 4.70. The van der Waals surface area contributed by atoms with Crippen LogP contribution in [0.25, 0.3) is 0 Å². The molecule has 2 aliphatic rings. The van der Waals surface area contributed by atoms with Gasteiger partial charge in [0, 0.05) is 18.7 Å². The van der Waals surface area contributed by atoms with E-state index in [2.05, 4.69) is 10.00 Å². The Morgan fingerprint density at radius 1 is 1.53 bits per heavy atom. The van der Waals surface area contributed by atoms with E-state index in [0.717, 1.165) is 30.8 Å². The summed E-state index contributed by atoms with van der Waals surface area (Å²) in [4.78, 5) is 13.5. The third-order valence-electron chi connectivity index (χ3n) is 3.42. The van der Waals surface area contributed by atoms with E-state index >= 15 is 0 Å². The topological polar surface area (TPSA) is 67.6 Å². The lowest BCUT2D eigenvalue weighted by Crippen LogP contribution is -2.33. The molecule has 92 valence electrons. The number of ether oxygens (including phenoxy) is 1. The van der Waals surface area contributed by atoms with E-state index in [0.29, 0.717) is 18.9 Å². The minimum atomic E-state index is -0.879. The van der Waals surface area contributed by atoms with Gasteiger partial charge in [0.05, 0.1) is 24.9 Å². The Labute approximate surface area is 98.8 Å². The molecule has 0 bridgehead atoms. The molecule has 6 heteroatoms. The first-order chi connectivity index (χ1) is 8.16. The zero-order valence-corrected chi connectivity index (χ0v) is 9.72. The van der Waals surface area contributed by atoms with Crippen LogP contribution in [-0.4, -0.2) is 52.6 Å². The van der Waals surface area contributed by atoms with Crippen molar-refractivity contribution in [3.05, 3.63) is 17.0 Å². The lowest BCUT2D eigenvalue weighted by atomic mass is 10.0. The van der Waals surface area contributed by atoms with Gasteiger partial charge in [0.25, 0.3) is 0 Å². The number of rotatable bonds is 2. The predicted octanol–water partition coefficient (Wildman–Crippen LogP) is 0.140. The number of aromatic nitrogens is 2. The van der Waals surface area contributed by atoms with Crippen LogP contribution >= 0.6 is 0 Å². The van der Waals surface area contributed by atoms with Crippen molar-refractivity contribution in [2.45, 2.75) is 19.0 Å². The standard InChI is InChI=1S/C11H15N3O3/c1-13-3-2-8-9(4-13)12-14(7-5-17-6-7)10(8)11(15)16/h7H,2-6H2,1H3,(H,15,16). The average molecular weight is 237 g/mol. The first-order valence-electron chi connectivity index (χ1n) is 5.76. The van der Waals surface area contributed by atoms with Gasteiger partial charge in [-0.05, 0) is 13.5 Å². The number of hydrogen-bond acceptors (Lipinski definition) is 4. The Bertz CT molecular complexity index is 465. The molecule has 0 spiro atoms. The molecule has 3 rings (SSSR count). The molecule has 1 saturated heterocycles. The summed E-state index contributed by atoms with van der Waals surface area (Å²) in [5.41, 5.74) is 2.17. The summed E-state index contributed by atoms with van der Waals surface area (Å²) in [6.07, 6.45) is 0.765. The number of carboxylic acids is 1. The van der Waals surface area contributed by atoms with Gasteiger partial charge < -0.3 is 14.7 Å².